The minimum Gasteiger partial charge on any atom is -0.398 e. The number of hydrogen-bond donors (Lipinski definition) is 1. The van der Waals surface area contributed by atoms with Crippen molar-refractivity contribution < 1.29 is 0 Å². The summed E-state index contributed by atoms with van der Waals surface area (Å²) in [6.07, 6.45) is 0. The van der Waals surface area contributed by atoms with Crippen molar-refractivity contribution in [3.8, 4) is 11.1 Å². The maximum atomic E-state index is 8.50. The van der Waals surface area contributed by atoms with Crippen molar-refractivity contribution in [3.63, 3.8) is 0 Å². The van der Waals surface area contributed by atoms with Crippen molar-refractivity contribution in [2.24, 2.45) is 5.11 Å². The summed E-state index contributed by atoms with van der Waals surface area (Å²) in [7, 11) is 0. The van der Waals surface area contributed by atoms with Crippen LogP contribution in [0.3, 0.4) is 0 Å². The summed E-state index contributed by atoms with van der Waals surface area (Å²) >= 11 is 0. The van der Waals surface area contributed by atoms with Gasteiger partial charge >= 0.3 is 0 Å². The highest BCUT2D eigenvalue weighted by atomic mass is 15.1. The molecular formula is C13H12N4. The van der Waals surface area contributed by atoms with E-state index in [1.54, 1.807) is 6.07 Å². The number of nitrogens with zero attached hydrogens (tertiary/aromatic N) is 3. The quantitative estimate of drug-likeness (QED) is 0.353. The van der Waals surface area contributed by atoms with Crippen LogP contribution < -0.4 is 5.73 Å². The van der Waals surface area contributed by atoms with Gasteiger partial charge in [0.05, 0.1) is 5.69 Å². The summed E-state index contributed by atoms with van der Waals surface area (Å²) in [5, 5.41) is 3.61. The Hall–Kier alpha value is -2.45. The van der Waals surface area contributed by atoms with E-state index >= 15 is 0 Å². The van der Waals surface area contributed by atoms with E-state index in [1.165, 1.54) is 0 Å². The van der Waals surface area contributed by atoms with Crippen molar-refractivity contribution in [2.75, 3.05) is 5.73 Å². The minimum atomic E-state index is 0.478. The fourth-order valence-corrected chi connectivity index (χ4v) is 1.71. The molecule has 2 rings (SSSR count). The highest BCUT2D eigenvalue weighted by molar-refractivity contribution is 5.76. The molecule has 2 N–H and O–H groups in total. The molecule has 4 nitrogen and oxygen atoms in total. The monoisotopic (exact) mass is 224 g/mol. The molecule has 2 aromatic rings. The summed E-state index contributed by atoms with van der Waals surface area (Å²) in [5.74, 6) is 0. The van der Waals surface area contributed by atoms with Gasteiger partial charge in [-0.3, -0.25) is 0 Å². The molecule has 0 amide bonds. The lowest BCUT2D eigenvalue weighted by Gasteiger charge is -2.08. The molecule has 0 fully saturated rings. The number of benzene rings is 2. The second kappa shape index (κ2) is 4.60. The van der Waals surface area contributed by atoms with Gasteiger partial charge in [-0.1, -0.05) is 35.4 Å². The topological polar surface area (TPSA) is 74.8 Å². The Labute approximate surface area is 99.3 Å². The Morgan fingerprint density at radius 3 is 2.47 bits per heavy atom. The summed E-state index contributed by atoms with van der Waals surface area (Å²) in [6, 6.07) is 13.7. The Bertz CT molecular complexity index is 584. The van der Waals surface area contributed by atoms with Gasteiger partial charge in [0.25, 0.3) is 0 Å². The van der Waals surface area contributed by atoms with Crippen molar-refractivity contribution in [3.05, 3.63) is 58.5 Å². The molecule has 17 heavy (non-hydrogen) atoms. The Balaban J connectivity index is 2.61. The zero-order valence-electron chi connectivity index (χ0n) is 9.46. The molecule has 0 spiro atoms. The van der Waals surface area contributed by atoms with E-state index < -0.39 is 0 Å². The van der Waals surface area contributed by atoms with Crippen LogP contribution in [-0.2, 0) is 0 Å². The first-order chi connectivity index (χ1) is 8.22. The lowest BCUT2D eigenvalue weighted by Crippen LogP contribution is -1.91. The zero-order chi connectivity index (χ0) is 12.3. The van der Waals surface area contributed by atoms with Crippen molar-refractivity contribution in [1.29, 1.82) is 0 Å². The summed E-state index contributed by atoms with van der Waals surface area (Å²) in [5.41, 5.74) is 18.3. The third-order valence-electron chi connectivity index (χ3n) is 2.62. The highest BCUT2D eigenvalue weighted by Crippen LogP contribution is 2.32. The first-order valence-corrected chi connectivity index (χ1v) is 5.23. The van der Waals surface area contributed by atoms with E-state index in [0.717, 1.165) is 16.7 Å². The first-order valence-electron chi connectivity index (χ1n) is 5.23. The third-order valence-corrected chi connectivity index (χ3v) is 2.62. The van der Waals surface area contributed by atoms with Crippen LogP contribution in [0.25, 0.3) is 21.6 Å². The van der Waals surface area contributed by atoms with Gasteiger partial charge in [0.15, 0.2) is 0 Å². The largest absolute Gasteiger partial charge is 0.398 e. The standard InChI is InChI=1S/C13H12N4/c1-9-7-11(10-5-3-2-4-6-10)8-12(13(9)14)16-17-15/h2-8H,14H2,1H3. The molecule has 0 unspecified atom stereocenters. The molecule has 0 aliphatic heterocycles. The first kappa shape index (κ1) is 11.0. The molecule has 0 saturated heterocycles. The fourth-order valence-electron chi connectivity index (χ4n) is 1.71. The number of anilines is 1. The van der Waals surface area contributed by atoms with Gasteiger partial charge in [0, 0.05) is 10.6 Å². The van der Waals surface area contributed by atoms with Crippen LogP contribution in [0.1, 0.15) is 5.56 Å². The molecule has 2 aromatic carbocycles. The predicted octanol–water partition coefficient (Wildman–Crippen LogP) is 4.19. The normalized spacial score (nSPS) is 9.71. The van der Waals surface area contributed by atoms with Gasteiger partial charge in [-0.2, -0.15) is 0 Å². The minimum absolute atomic E-state index is 0.478. The molecular weight excluding hydrogens is 212 g/mol. The van der Waals surface area contributed by atoms with Crippen LogP contribution in [0.4, 0.5) is 11.4 Å². The Morgan fingerprint density at radius 1 is 1.12 bits per heavy atom. The van der Waals surface area contributed by atoms with Crippen molar-refractivity contribution >= 4 is 11.4 Å². The molecule has 0 heterocycles. The van der Waals surface area contributed by atoms with E-state index in [-0.39, 0.29) is 0 Å². The van der Waals surface area contributed by atoms with E-state index in [1.807, 2.05) is 43.3 Å². The van der Waals surface area contributed by atoms with Gasteiger partial charge in [0.1, 0.15) is 0 Å². The molecule has 0 saturated carbocycles. The van der Waals surface area contributed by atoms with E-state index in [9.17, 15) is 0 Å². The van der Waals surface area contributed by atoms with Crippen molar-refractivity contribution in [2.45, 2.75) is 6.92 Å². The van der Waals surface area contributed by atoms with Crippen molar-refractivity contribution in [1.82, 2.24) is 0 Å². The van der Waals surface area contributed by atoms with Gasteiger partial charge in [0.2, 0.25) is 0 Å². The number of aryl methyl sites for hydroxylation is 1. The lowest BCUT2D eigenvalue weighted by atomic mass is 10.0. The van der Waals surface area contributed by atoms with Crippen LogP contribution in [-0.4, -0.2) is 0 Å². The molecule has 0 atom stereocenters. The van der Waals surface area contributed by atoms with E-state index in [2.05, 4.69) is 10.0 Å². The molecule has 0 aromatic heterocycles. The molecule has 0 radical (unpaired) electrons. The molecule has 0 aliphatic carbocycles. The summed E-state index contributed by atoms with van der Waals surface area (Å²) in [4.78, 5) is 2.79. The number of nitrogen functional groups attached to an aromatic ring is 1. The maximum absolute atomic E-state index is 8.50. The molecule has 84 valence electrons. The predicted molar refractivity (Wildman–Crippen MR) is 69.8 cm³/mol. The number of nitrogens with two attached hydrogens (primary N) is 1. The fraction of sp³-hybridized carbons (Fsp3) is 0.0769. The van der Waals surface area contributed by atoms with Crippen LogP contribution in [0, 0.1) is 6.92 Å². The third kappa shape index (κ3) is 2.22. The van der Waals surface area contributed by atoms with Gasteiger partial charge in [-0.25, -0.2) is 0 Å². The second-order valence-corrected chi connectivity index (χ2v) is 3.78. The Kier molecular flexibility index (Phi) is 2.99. The number of hydrogen-bond acceptors (Lipinski definition) is 2. The SMILES string of the molecule is Cc1cc(-c2ccccc2)cc(N=[N+]=[N-])c1N. The van der Waals surface area contributed by atoms with Crippen LogP contribution in [0.15, 0.2) is 47.6 Å². The van der Waals surface area contributed by atoms with Crippen LogP contribution in [0.2, 0.25) is 0 Å². The molecule has 4 heteroatoms. The molecule has 0 aliphatic rings. The lowest BCUT2D eigenvalue weighted by molar-refractivity contribution is 1.41. The highest BCUT2D eigenvalue weighted by Gasteiger charge is 2.05. The van der Waals surface area contributed by atoms with E-state index in [4.69, 9.17) is 11.3 Å². The number of rotatable bonds is 2. The zero-order valence-corrected chi connectivity index (χ0v) is 9.46. The summed E-state index contributed by atoms with van der Waals surface area (Å²) in [6.45, 7) is 1.90. The molecule has 0 bridgehead atoms. The van der Waals surface area contributed by atoms with Crippen LogP contribution >= 0.6 is 0 Å². The van der Waals surface area contributed by atoms with Gasteiger partial charge < -0.3 is 5.73 Å². The Morgan fingerprint density at radius 2 is 1.82 bits per heavy atom. The maximum Gasteiger partial charge on any atom is 0.0613 e. The second-order valence-electron chi connectivity index (χ2n) is 3.78. The smallest absolute Gasteiger partial charge is 0.0613 e. The van der Waals surface area contributed by atoms with Gasteiger partial charge in [-0.05, 0) is 41.3 Å². The number of azide groups is 1. The average Bonchev–Trinajstić information content (AvgIpc) is 2.36. The van der Waals surface area contributed by atoms with E-state index in [0.29, 0.717) is 11.4 Å². The van der Waals surface area contributed by atoms with Gasteiger partial charge in [-0.15, -0.1) is 0 Å². The summed E-state index contributed by atoms with van der Waals surface area (Å²) < 4.78 is 0. The van der Waals surface area contributed by atoms with Crippen LogP contribution in [0.5, 0.6) is 0 Å². The average molecular weight is 224 g/mol.